The Hall–Kier alpha value is -3.00. The Morgan fingerprint density at radius 2 is 1.71 bits per heavy atom. The summed E-state index contributed by atoms with van der Waals surface area (Å²) in [4.78, 5) is 26.2. The topological polar surface area (TPSA) is 34.1 Å². The van der Waals surface area contributed by atoms with Gasteiger partial charge in [0.15, 0.2) is 11.6 Å². The number of Topliss-reactive ketones (excluding diaryl/α,β-unsaturated/α-hetero) is 1. The zero-order valence-electron chi connectivity index (χ0n) is 12.8. The van der Waals surface area contributed by atoms with Gasteiger partial charge >= 0.3 is 0 Å². The molecule has 0 N–H and O–H groups in total. The maximum atomic E-state index is 13.1. The van der Waals surface area contributed by atoms with Gasteiger partial charge in [0.2, 0.25) is 0 Å². The van der Waals surface area contributed by atoms with Crippen LogP contribution < -0.4 is 0 Å². The fourth-order valence-corrected chi connectivity index (χ4v) is 4.67. The second-order valence-corrected chi connectivity index (χ2v) is 6.77. The van der Waals surface area contributed by atoms with Gasteiger partial charge in [0, 0.05) is 27.6 Å². The SMILES string of the molecule is O=C1c2ccc3c4c2-c2c(ccc5cccc1c25)C(=O)C4CC=C3. The lowest BCUT2D eigenvalue weighted by Crippen LogP contribution is -2.26. The van der Waals surface area contributed by atoms with E-state index in [-0.39, 0.29) is 17.5 Å². The maximum absolute atomic E-state index is 13.1. The van der Waals surface area contributed by atoms with Crippen molar-refractivity contribution in [3.05, 3.63) is 76.4 Å². The van der Waals surface area contributed by atoms with Crippen LogP contribution >= 0.6 is 0 Å². The van der Waals surface area contributed by atoms with Gasteiger partial charge in [-0.25, -0.2) is 0 Å². The highest BCUT2D eigenvalue weighted by atomic mass is 16.1. The Kier molecular flexibility index (Phi) is 2.02. The zero-order chi connectivity index (χ0) is 16.0. The molecular weight excluding hydrogens is 296 g/mol. The van der Waals surface area contributed by atoms with Crippen molar-refractivity contribution >= 4 is 28.4 Å². The zero-order valence-corrected chi connectivity index (χ0v) is 12.8. The van der Waals surface area contributed by atoms with Crippen LogP contribution in [0.15, 0.2) is 48.5 Å². The standard InChI is InChI=1S/C22H12O2/c23-21-13-5-1-3-11-7-9-16-19(17(11)13)20-15(21)10-8-12-4-2-6-14(18(12)20)22(16)24/h1-5,7-10,14H,6H2. The molecular formula is C22H12O2. The van der Waals surface area contributed by atoms with Gasteiger partial charge < -0.3 is 0 Å². The van der Waals surface area contributed by atoms with Gasteiger partial charge in [-0.3, -0.25) is 9.59 Å². The molecule has 1 unspecified atom stereocenters. The van der Waals surface area contributed by atoms with Crippen molar-refractivity contribution in [1.82, 2.24) is 0 Å². The van der Waals surface area contributed by atoms with E-state index in [1.54, 1.807) is 0 Å². The second kappa shape index (κ2) is 3.90. The molecule has 0 fully saturated rings. The second-order valence-electron chi connectivity index (χ2n) is 6.77. The molecule has 3 aromatic carbocycles. The number of carbonyl (C=O) groups excluding carboxylic acids is 2. The number of rotatable bonds is 0. The molecule has 112 valence electrons. The van der Waals surface area contributed by atoms with Crippen molar-refractivity contribution in [3.8, 4) is 11.1 Å². The van der Waals surface area contributed by atoms with Crippen LogP contribution in [0.1, 0.15) is 49.7 Å². The number of benzene rings is 3. The van der Waals surface area contributed by atoms with E-state index in [1.807, 2.05) is 42.5 Å². The Balaban J connectivity index is 1.94. The normalized spacial score (nSPS) is 19.1. The van der Waals surface area contributed by atoms with Crippen LogP contribution in [0.4, 0.5) is 0 Å². The van der Waals surface area contributed by atoms with Crippen molar-refractivity contribution < 1.29 is 9.59 Å². The highest BCUT2D eigenvalue weighted by Crippen LogP contribution is 2.52. The number of allylic oxidation sites excluding steroid dienone is 1. The van der Waals surface area contributed by atoms with Gasteiger partial charge in [-0.2, -0.15) is 0 Å². The van der Waals surface area contributed by atoms with Gasteiger partial charge in [0.1, 0.15) is 0 Å². The Morgan fingerprint density at radius 1 is 0.833 bits per heavy atom. The molecule has 0 amide bonds. The number of ketones is 2. The largest absolute Gasteiger partial charge is 0.293 e. The summed E-state index contributed by atoms with van der Waals surface area (Å²) >= 11 is 0. The molecule has 0 saturated carbocycles. The summed E-state index contributed by atoms with van der Waals surface area (Å²) in [6.45, 7) is 0. The molecule has 6 rings (SSSR count). The van der Waals surface area contributed by atoms with Crippen molar-refractivity contribution in [2.24, 2.45) is 0 Å². The summed E-state index contributed by atoms with van der Waals surface area (Å²) < 4.78 is 0. The monoisotopic (exact) mass is 308 g/mol. The Morgan fingerprint density at radius 3 is 2.62 bits per heavy atom. The highest BCUT2D eigenvalue weighted by molar-refractivity contribution is 6.30. The average Bonchev–Trinajstić information content (AvgIpc) is 2.63. The van der Waals surface area contributed by atoms with Crippen LogP contribution in [-0.4, -0.2) is 11.6 Å². The van der Waals surface area contributed by atoms with Crippen LogP contribution in [0.3, 0.4) is 0 Å². The molecule has 3 aromatic rings. The van der Waals surface area contributed by atoms with E-state index < -0.39 is 0 Å². The van der Waals surface area contributed by atoms with Gasteiger partial charge in [-0.05, 0) is 34.6 Å². The van der Waals surface area contributed by atoms with Crippen LogP contribution in [0, 0.1) is 0 Å². The maximum Gasteiger partial charge on any atom is 0.194 e. The third-order valence-electron chi connectivity index (χ3n) is 5.66. The quantitative estimate of drug-likeness (QED) is 0.470. The minimum Gasteiger partial charge on any atom is -0.293 e. The van der Waals surface area contributed by atoms with E-state index in [1.165, 1.54) is 0 Å². The van der Waals surface area contributed by atoms with Crippen LogP contribution in [-0.2, 0) is 0 Å². The summed E-state index contributed by atoms with van der Waals surface area (Å²) in [5.74, 6) is 0.111. The Bertz CT molecular complexity index is 1160. The van der Waals surface area contributed by atoms with Crippen LogP contribution in [0.5, 0.6) is 0 Å². The minimum atomic E-state index is -0.150. The number of carbonyl (C=O) groups is 2. The summed E-state index contributed by atoms with van der Waals surface area (Å²) in [6, 6.07) is 13.6. The van der Waals surface area contributed by atoms with E-state index in [9.17, 15) is 9.59 Å². The van der Waals surface area contributed by atoms with Crippen molar-refractivity contribution in [2.75, 3.05) is 0 Å². The fraction of sp³-hybridized carbons (Fsp3) is 0.0909. The first-order chi connectivity index (χ1) is 11.8. The van der Waals surface area contributed by atoms with Crippen molar-refractivity contribution in [3.63, 3.8) is 0 Å². The lowest BCUT2D eigenvalue weighted by atomic mass is 9.67. The molecule has 0 radical (unpaired) electrons. The molecule has 0 bridgehead atoms. The lowest BCUT2D eigenvalue weighted by Gasteiger charge is -2.34. The van der Waals surface area contributed by atoms with Gasteiger partial charge in [-0.1, -0.05) is 48.6 Å². The van der Waals surface area contributed by atoms with E-state index in [4.69, 9.17) is 0 Å². The van der Waals surface area contributed by atoms with Gasteiger partial charge in [0.25, 0.3) is 0 Å². The summed E-state index contributed by atoms with van der Waals surface area (Å²) in [5.41, 5.74) is 6.35. The van der Waals surface area contributed by atoms with Crippen LogP contribution in [0.2, 0.25) is 0 Å². The third kappa shape index (κ3) is 1.22. The number of hydrogen-bond donors (Lipinski definition) is 0. The molecule has 24 heavy (non-hydrogen) atoms. The van der Waals surface area contributed by atoms with E-state index in [2.05, 4.69) is 12.2 Å². The molecule has 3 aliphatic carbocycles. The van der Waals surface area contributed by atoms with Crippen molar-refractivity contribution in [2.45, 2.75) is 12.3 Å². The molecule has 0 heterocycles. The molecule has 3 aliphatic rings. The third-order valence-corrected chi connectivity index (χ3v) is 5.66. The summed E-state index contributed by atoms with van der Waals surface area (Å²) in [5, 5.41) is 1.97. The first-order valence-corrected chi connectivity index (χ1v) is 8.24. The van der Waals surface area contributed by atoms with E-state index in [0.29, 0.717) is 0 Å². The van der Waals surface area contributed by atoms with Crippen LogP contribution in [0.25, 0.3) is 28.0 Å². The predicted molar refractivity (Wildman–Crippen MR) is 93.5 cm³/mol. The molecule has 1 atom stereocenters. The fourth-order valence-electron chi connectivity index (χ4n) is 4.67. The Labute approximate surface area is 138 Å². The summed E-state index contributed by atoms with van der Waals surface area (Å²) in [6.07, 6.45) is 4.87. The van der Waals surface area contributed by atoms with E-state index in [0.717, 1.165) is 56.1 Å². The van der Waals surface area contributed by atoms with Gasteiger partial charge in [-0.15, -0.1) is 0 Å². The molecule has 0 aliphatic heterocycles. The number of hydrogen-bond acceptors (Lipinski definition) is 2. The smallest absolute Gasteiger partial charge is 0.194 e. The lowest BCUT2D eigenvalue weighted by molar-refractivity contribution is 0.0955. The highest BCUT2D eigenvalue weighted by Gasteiger charge is 2.40. The van der Waals surface area contributed by atoms with E-state index >= 15 is 0 Å². The van der Waals surface area contributed by atoms with Crippen molar-refractivity contribution in [1.29, 1.82) is 0 Å². The minimum absolute atomic E-state index is 0.0747. The molecule has 0 spiro atoms. The molecule has 2 nitrogen and oxygen atoms in total. The first-order valence-electron chi connectivity index (χ1n) is 8.24. The molecule has 0 aromatic heterocycles. The first kappa shape index (κ1) is 12.4. The summed E-state index contributed by atoms with van der Waals surface area (Å²) in [7, 11) is 0. The molecule has 2 heteroatoms. The molecule has 0 saturated heterocycles. The van der Waals surface area contributed by atoms with Gasteiger partial charge in [0.05, 0.1) is 5.92 Å². The average molecular weight is 308 g/mol. The predicted octanol–water partition coefficient (Wildman–Crippen LogP) is 4.75.